The molecule has 2 heterocycles. The molecule has 1 aromatic carbocycles. The summed E-state index contributed by atoms with van der Waals surface area (Å²) in [6.07, 6.45) is 0.469. The molecule has 0 aliphatic carbocycles. The van der Waals surface area contributed by atoms with E-state index in [2.05, 4.69) is 5.32 Å². The van der Waals surface area contributed by atoms with Gasteiger partial charge in [-0.25, -0.2) is 0 Å². The van der Waals surface area contributed by atoms with Crippen LogP contribution in [0.15, 0.2) is 24.3 Å². The standard InChI is InChI=1S/C16H20ClN3O2/c17-14-3-1-12(2-4-14)13-9-15(21)20(10-13)11-16(22)19-7-5-18-6-8-19/h1-4,13,18H,5-11H2. The summed E-state index contributed by atoms with van der Waals surface area (Å²) in [5, 5.41) is 3.91. The molecular weight excluding hydrogens is 302 g/mol. The van der Waals surface area contributed by atoms with Crippen LogP contribution in [0.3, 0.4) is 0 Å². The highest BCUT2D eigenvalue weighted by Crippen LogP contribution is 2.28. The first-order valence-corrected chi connectivity index (χ1v) is 8.03. The molecule has 1 N–H and O–H groups in total. The van der Waals surface area contributed by atoms with Gasteiger partial charge in [-0.05, 0) is 17.7 Å². The minimum atomic E-state index is 0.0478. The maximum absolute atomic E-state index is 12.3. The van der Waals surface area contributed by atoms with E-state index in [9.17, 15) is 9.59 Å². The van der Waals surface area contributed by atoms with Crippen LogP contribution in [0.1, 0.15) is 17.9 Å². The minimum absolute atomic E-state index is 0.0478. The van der Waals surface area contributed by atoms with Crippen LogP contribution in [0.4, 0.5) is 0 Å². The first kappa shape index (κ1) is 15.3. The summed E-state index contributed by atoms with van der Waals surface area (Å²) in [7, 11) is 0. The van der Waals surface area contributed by atoms with Crippen molar-refractivity contribution in [2.45, 2.75) is 12.3 Å². The average molecular weight is 322 g/mol. The lowest BCUT2D eigenvalue weighted by Crippen LogP contribution is -2.49. The van der Waals surface area contributed by atoms with E-state index in [0.717, 1.165) is 31.7 Å². The lowest BCUT2D eigenvalue weighted by Gasteiger charge is -2.29. The highest BCUT2D eigenvalue weighted by Gasteiger charge is 2.32. The van der Waals surface area contributed by atoms with E-state index in [4.69, 9.17) is 11.6 Å². The Morgan fingerprint density at radius 1 is 1.23 bits per heavy atom. The topological polar surface area (TPSA) is 52.7 Å². The molecule has 0 spiro atoms. The molecule has 0 saturated carbocycles. The predicted octanol–water partition coefficient (Wildman–Crippen LogP) is 1.09. The molecule has 2 aliphatic heterocycles. The molecule has 0 radical (unpaired) electrons. The van der Waals surface area contributed by atoms with Crippen molar-refractivity contribution in [3.05, 3.63) is 34.9 Å². The van der Waals surface area contributed by atoms with E-state index in [0.29, 0.717) is 18.0 Å². The summed E-state index contributed by atoms with van der Waals surface area (Å²) in [6, 6.07) is 7.61. The highest BCUT2D eigenvalue weighted by atomic mass is 35.5. The van der Waals surface area contributed by atoms with Gasteiger partial charge < -0.3 is 15.1 Å². The van der Waals surface area contributed by atoms with Gasteiger partial charge in [-0.1, -0.05) is 23.7 Å². The number of nitrogens with one attached hydrogen (secondary N) is 1. The molecule has 1 atom stereocenters. The zero-order valence-corrected chi connectivity index (χ0v) is 13.2. The summed E-state index contributed by atoms with van der Waals surface area (Å²) < 4.78 is 0. The summed E-state index contributed by atoms with van der Waals surface area (Å²) in [5.41, 5.74) is 1.11. The Morgan fingerprint density at radius 2 is 1.91 bits per heavy atom. The fourth-order valence-corrected chi connectivity index (χ4v) is 3.19. The molecule has 0 aromatic heterocycles. The Hall–Kier alpha value is -1.59. The molecule has 2 saturated heterocycles. The smallest absolute Gasteiger partial charge is 0.242 e. The van der Waals surface area contributed by atoms with Crippen molar-refractivity contribution in [1.29, 1.82) is 0 Å². The number of carbonyl (C=O) groups is 2. The van der Waals surface area contributed by atoms with Gasteiger partial charge in [0.05, 0.1) is 6.54 Å². The van der Waals surface area contributed by atoms with E-state index in [1.807, 2.05) is 29.2 Å². The first-order chi connectivity index (χ1) is 10.6. The SMILES string of the molecule is O=C(CN1CC(c2ccc(Cl)cc2)CC1=O)N1CCNCC1. The van der Waals surface area contributed by atoms with Gasteiger partial charge in [-0.2, -0.15) is 0 Å². The molecular formula is C16H20ClN3O2. The Bertz CT molecular complexity index is 555. The number of halogens is 1. The molecule has 2 amide bonds. The largest absolute Gasteiger partial charge is 0.339 e. The number of benzene rings is 1. The van der Waals surface area contributed by atoms with Gasteiger partial charge >= 0.3 is 0 Å². The molecule has 3 rings (SSSR count). The van der Waals surface area contributed by atoms with Gasteiger partial charge in [-0.15, -0.1) is 0 Å². The van der Waals surface area contributed by atoms with E-state index < -0.39 is 0 Å². The van der Waals surface area contributed by atoms with Gasteiger partial charge in [-0.3, -0.25) is 9.59 Å². The van der Waals surface area contributed by atoms with Crippen molar-refractivity contribution in [3.8, 4) is 0 Å². The second kappa shape index (κ2) is 6.67. The summed E-state index contributed by atoms with van der Waals surface area (Å²) in [5.74, 6) is 0.260. The van der Waals surface area contributed by atoms with Crippen LogP contribution in [-0.4, -0.2) is 60.9 Å². The highest BCUT2D eigenvalue weighted by molar-refractivity contribution is 6.30. The monoisotopic (exact) mass is 321 g/mol. The second-order valence-corrected chi connectivity index (χ2v) is 6.29. The van der Waals surface area contributed by atoms with E-state index >= 15 is 0 Å². The summed E-state index contributed by atoms with van der Waals surface area (Å²) in [6.45, 7) is 3.91. The van der Waals surface area contributed by atoms with Crippen molar-refractivity contribution >= 4 is 23.4 Å². The molecule has 2 aliphatic rings. The summed E-state index contributed by atoms with van der Waals surface area (Å²) in [4.78, 5) is 28.0. The molecule has 0 bridgehead atoms. The quantitative estimate of drug-likeness (QED) is 0.906. The van der Waals surface area contributed by atoms with Crippen molar-refractivity contribution in [2.75, 3.05) is 39.3 Å². The molecule has 1 aromatic rings. The lowest BCUT2D eigenvalue weighted by molar-refractivity contribution is -0.138. The zero-order valence-electron chi connectivity index (χ0n) is 12.4. The zero-order chi connectivity index (χ0) is 15.5. The molecule has 5 nitrogen and oxygen atoms in total. The lowest BCUT2D eigenvalue weighted by atomic mass is 9.98. The van der Waals surface area contributed by atoms with Crippen LogP contribution in [0.25, 0.3) is 0 Å². The first-order valence-electron chi connectivity index (χ1n) is 7.65. The third-order valence-electron chi connectivity index (χ3n) is 4.35. The van der Waals surface area contributed by atoms with Crippen molar-refractivity contribution < 1.29 is 9.59 Å². The molecule has 22 heavy (non-hydrogen) atoms. The average Bonchev–Trinajstić information content (AvgIpc) is 2.90. The van der Waals surface area contributed by atoms with Gasteiger partial charge in [0.15, 0.2) is 0 Å². The van der Waals surface area contributed by atoms with Crippen LogP contribution in [0, 0.1) is 0 Å². The maximum atomic E-state index is 12.3. The number of carbonyl (C=O) groups excluding carboxylic acids is 2. The van der Waals surface area contributed by atoms with Crippen molar-refractivity contribution in [2.24, 2.45) is 0 Å². The third-order valence-corrected chi connectivity index (χ3v) is 4.60. The van der Waals surface area contributed by atoms with Crippen LogP contribution in [0.2, 0.25) is 5.02 Å². The normalized spacial score (nSPS) is 22.2. The Balaban J connectivity index is 1.59. The Kier molecular flexibility index (Phi) is 4.64. The Labute approximate surface area is 135 Å². The number of hydrogen-bond acceptors (Lipinski definition) is 3. The van der Waals surface area contributed by atoms with Crippen LogP contribution in [0.5, 0.6) is 0 Å². The maximum Gasteiger partial charge on any atom is 0.242 e. The molecule has 1 unspecified atom stereocenters. The molecule has 118 valence electrons. The minimum Gasteiger partial charge on any atom is -0.339 e. The number of likely N-dealkylation sites (tertiary alicyclic amines) is 1. The van der Waals surface area contributed by atoms with Crippen molar-refractivity contribution in [3.63, 3.8) is 0 Å². The number of rotatable bonds is 3. The van der Waals surface area contributed by atoms with Gasteiger partial charge in [0.2, 0.25) is 11.8 Å². The van der Waals surface area contributed by atoms with E-state index in [1.165, 1.54) is 0 Å². The number of amides is 2. The summed E-state index contributed by atoms with van der Waals surface area (Å²) >= 11 is 5.90. The van der Waals surface area contributed by atoms with Crippen LogP contribution in [-0.2, 0) is 9.59 Å². The fraction of sp³-hybridized carbons (Fsp3) is 0.500. The third kappa shape index (κ3) is 3.42. The van der Waals surface area contributed by atoms with Crippen LogP contribution >= 0.6 is 11.6 Å². The number of nitrogens with zero attached hydrogens (tertiary/aromatic N) is 2. The second-order valence-electron chi connectivity index (χ2n) is 5.86. The van der Waals surface area contributed by atoms with Crippen molar-refractivity contribution in [1.82, 2.24) is 15.1 Å². The van der Waals surface area contributed by atoms with Crippen LogP contribution < -0.4 is 5.32 Å². The number of hydrogen-bond donors (Lipinski definition) is 1. The molecule has 6 heteroatoms. The van der Waals surface area contributed by atoms with Gasteiger partial charge in [0.25, 0.3) is 0 Å². The fourth-order valence-electron chi connectivity index (χ4n) is 3.06. The van der Waals surface area contributed by atoms with Gasteiger partial charge in [0, 0.05) is 50.1 Å². The van der Waals surface area contributed by atoms with E-state index in [1.54, 1.807) is 4.90 Å². The van der Waals surface area contributed by atoms with Gasteiger partial charge in [0.1, 0.15) is 0 Å². The number of piperazine rings is 1. The molecule has 2 fully saturated rings. The van der Waals surface area contributed by atoms with E-state index in [-0.39, 0.29) is 24.3 Å². The Morgan fingerprint density at radius 3 is 2.59 bits per heavy atom. The predicted molar refractivity (Wildman–Crippen MR) is 84.8 cm³/mol.